The Morgan fingerprint density at radius 3 is 2.64 bits per heavy atom. The van der Waals surface area contributed by atoms with Gasteiger partial charge >= 0.3 is 5.97 Å². The van der Waals surface area contributed by atoms with E-state index in [1.54, 1.807) is 18.2 Å². The number of aromatic nitrogens is 1. The standard InChI is InChI=1S/C29H34F2N2O3/c1-36-22-9-10-26-23(18-22)28(25(31)20-32-26)24(30)11-12-29(19-27(34)35)13-16-33(17-14-29)15-5-8-21-6-3-2-4-7-21/h2-4,6-7,9-10,18,20,24H,5,8,11-17,19H2,1H3,(H,34,35). The predicted octanol–water partition coefficient (Wildman–Crippen LogP) is 6.36. The van der Waals surface area contributed by atoms with Crippen molar-refractivity contribution in [3.05, 3.63) is 71.7 Å². The molecule has 1 aliphatic rings. The summed E-state index contributed by atoms with van der Waals surface area (Å²) in [7, 11) is 1.50. The molecule has 36 heavy (non-hydrogen) atoms. The van der Waals surface area contributed by atoms with E-state index in [1.165, 1.54) is 12.7 Å². The smallest absolute Gasteiger partial charge is 0.303 e. The Kier molecular flexibility index (Phi) is 8.52. The van der Waals surface area contributed by atoms with Crippen LogP contribution in [0.15, 0.2) is 54.7 Å². The molecule has 0 saturated carbocycles. The highest BCUT2D eigenvalue weighted by molar-refractivity contribution is 5.84. The Labute approximate surface area is 211 Å². The summed E-state index contributed by atoms with van der Waals surface area (Å²) in [5.74, 6) is -1.05. The first-order chi connectivity index (χ1) is 17.4. The summed E-state index contributed by atoms with van der Waals surface area (Å²) >= 11 is 0. The SMILES string of the molecule is COc1ccc2ncc(F)c(C(F)CCC3(CC(=O)O)CCN(CCCc4ccccc4)CC3)c2c1. The first-order valence-corrected chi connectivity index (χ1v) is 12.6. The van der Waals surface area contributed by atoms with Gasteiger partial charge in [-0.15, -0.1) is 0 Å². The maximum absolute atomic E-state index is 15.6. The quantitative estimate of drug-likeness (QED) is 0.335. The minimum atomic E-state index is -1.56. The molecule has 3 aromatic rings. The number of piperidine rings is 1. The second kappa shape index (κ2) is 11.8. The number of ether oxygens (including phenoxy) is 1. The summed E-state index contributed by atoms with van der Waals surface area (Å²) in [6, 6.07) is 15.4. The van der Waals surface area contributed by atoms with E-state index in [-0.39, 0.29) is 18.4 Å². The molecule has 1 N–H and O–H groups in total. The number of alkyl halides is 1. The Bertz CT molecular complexity index is 1160. The van der Waals surface area contributed by atoms with Crippen LogP contribution in [-0.4, -0.2) is 47.7 Å². The summed E-state index contributed by atoms with van der Waals surface area (Å²) in [6.45, 7) is 2.55. The van der Waals surface area contributed by atoms with Gasteiger partial charge in [0.25, 0.3) is 0 Å². The molecule has 0 bridgehead atoms. The lowest BCUT2D eigenvalue weighted by molar-refractivity contribution is -0.141. The van der Waals surface area contributed by atoms with Gasteiger partial charge in [-0.1, -0.05) is 30.3 Å². The van der Waals surface area contributed by atoms with Crippen molar-refractivity contribution in [2.45, 2.75) is 51.1 Å². The number of pyridine rings is 1. The zero-order valence-corrected chi connectivity index (χ0v) is 20.8. The second-order valence-electron chi connectivity index (χ2n) is 9.91. The lowest BCUT2D eigenvalue weighted by atomic mass is 9.71. The number of rotatable bonds is 11. The molecule has 4 rings (SSSR count). The van der Waals surface area contributed by atoms with Crippen molar-refractivity contribution in [3.8, 4) is 5.75 Å². The van der Waals surface area contributed by atoms with Crippen molar-refractivity contribution in [2.75, 3.05) is 26.7 Å². The molecule has 1 atom stereocenters. The number of benzene rings is 2. The number of aryl methyl sites for hydroxylation is 1. The summed E-state index contributed by atoms with van der Waals surface area (Å²) < 4.78 is 35.5. The van der Waals surface area contributed by atoms with E-state index in [4.69, 9.17) is 4.74 Å². The van der Waals surface area contributed by atoms with Gasteiger partial charge in [0, 0.05) is 10.9 Å². The number of aliphatic carboxylic acids is 1. The van der Waals surface area contributed by atoms with Crippen LogP contribution in [0.4, 0.5) is 8.78 Å². The van der Waals surface area contributed by atoms with Gasteiger partial charge in [-0.25, -0.2) is 8.78 Å². The van der Waals surface area contributed by atoms with E-state index in [0.29, 0.717) is 35.9 Å². The van der Waals surface area contributed by atoms with E-state index in [1.807, 2.05) is 18.2 Å². The summed E-state index contributed by atoms with van der Waals surface area (Å²) in [4.78, 5) is 18.2. The molecular weight excluding hydrogens is 462 g/mol. The van der Waals surface area contributed by atoms with Gasteiger partial charge in [-0.3, -0.25) is 9.78 Å². The Hall–Kier alpha value is -3.06. The maximum atomic E-state index is 15.6. The molecule has 2 aromatic carbocycles. The van der Waals surface area contributed by atoms with Crippen LogP contribution < -0.4 is 4.74 Å². The molecule has 1 fully saturated rings. The fourth-order valence-electron chi connectivity index (χ4n) is 5.43. The number of hydrogen-bond donors (Lipinski definition) is 1. The third-order valence-corrected chi connectivity index (χ3v) is 7.54. The molecule has 1 saturated heterocycles. The van der Waals surface area contributed by atoms with Gasteiger partial charge in [0.2, 0.25) is 0 Å². The van der Waals surface area contributed by atoms with E-state index in [9.17, 15) is 14.3 Å². The third kappa shape index (κ3) is 6.38. The van der Waals surface area contributed by atoms with Gasteiger partial charge in [0.1, 0.15) is 17.7 Å². The van der Waals surface area contributed by atoms with Crippen molar-refractivity contribution < 1.29 is 23.4 Å². The van der Waals surface area contributed by atoms with Crippen LogP contribution >= 0.6 is 0 Å². The monoisotopic (exact) mass is 496 g/mol. The van der Waals surface area contributed by atoms with Crippen molar-refractivity contribution in [3.63, 3.8) is 0 Å². The molecule has 0 radical (unpaired) electrons. The number of halogens is 2. The van der Waals surface area contributed by atoms with Crippen LogP contribution in [0.2, 0.25) is 0 Å². The van der Waals surface area contributed by atoms with E-state index in [0.717, 1.165) is 38.7 Å². The predicted molar refractivity (Wildman–Crippen MR) is 136 cm³/mol. The molecular formula is C29H34F2N2O3. The van der Waals surface area contributed by atoms with Crippen LogP contribution in [0.1, 0.15) is 55.8 Å². The third-order valence-electron chi connectivity index (χ3n) is 7.54. The van der Waals surface area contributed by atoms with Gasteiger partial charge < -0.3 is 14.7 Å². The molecule has 192 valence electrons. The Balaban J connectivity index is 1.39. The summed E-state index contributed by atoms with van der Waals surface area (Å²) in [5, 5.41) is 9.99. The largest absolute Gasteiger partial charge is 0.497 e. The molecule has 2 heterocycles. The number of fused-ring (bicyclic) bond motifs is 1. The van der Waals surface area contributed by atoms with Crippen molar-refractivity contribution in [1.29, 1.82) is 0 Å². The Morgan fingerprint density at radius 2 is 1.94 bits per heavy atom. The summed E-state index contributed by atoms with van der Waals surface area (Å²) in [6.07, 6.45) is 3.41. The van der Waals surface area contributed by atoms with E-state index in [2.05, 4.69) is 22.0 Å². The van der Waals surface area contributed by atoms with Crippen molar-refractivity contribution in [2.24, 2.45) is 5.41 Å². The first-order valence-electron chi connectivity index (χ1n) is 12.6. The minimum absolute atomic E-state index is 0.00493. The number of nitrogens with zero attached hydrogens (tertiary/aromatic N) is 2. The number of carbonyl (C=O) groups is 1. The number of likely N-dealkylation sites (tertiary alicyclic amines) is 1. The van der Waals surface area contributed by atoms with Crippen molar-refractivity contribution >= 4 is 16.9 Å². The number of methoxy groups -OCH3 is 1. The lowest BCUT2D eigenvalue weighted by Gasteiger charge is -2.41. The zero-order chi connectivity index (χ0) is 25.5. The van der Waals surface area contributed by atoms with Crippen LogP contribution in [0, 0.1) is 11.2 Å². The molecule has 0 amide bonds. The first kappa shape index (κ1) is 26.0. The molecule has 1 aromatic heterocycles. The summed E-state index contributed by atoms with van der Waals surface area (Å²) in [5.41, 5.74) is 1.31. The van der Waals surface area contributed by atoms with Crippen LogP contribution in [0.25, 0.3) is 10.9 Å². The molecule has 7 heteroatoms. The molecule has 0 aliphatic carbocycles. The number of carboxylic acid groups (broad SMARTS) is 1. The minimum Gasteiger partial charge on any atom is -0.497 e. The van der Waals surface area contributed by atoms with Gasteiger partial charge in [0.05, 0.1) is 25.2 Å². The topological polar surface area (TPSA) is 62.7 Å². The highest BCUT2D eigenvalue weighted by Gasteiger charge is 2.37. The average molecular weight is 497 g/mol. The second-order valence-corrected chi connectivity index (χ2v) is 9.91. The molecule has 5 nitrogen and oxygen atoms in total. The number of hydrogen-bond acceptors (Lipinski definition) is 4. The molecule has 0 spiro atoms. The van der Waals surface area contributed by atoms with Crippen LogP contribution in [0.3, 0.4) is 0 Å². The highest BCUT2D eigenvalue weighted by atomic mass is 19.1. The Morgan fingerprint density at radius 1 is 1.19 bits per heavy atom. The van der Waals surface area contributed by atoms with E-state index >= 15 is 4.39 Å². The van der Waals surface area contributed by atoms with Gasteiger partial charge in [0.15, 0.2) is 0 Å². The normalized spacial score (nSPS) is 16.6. The van der Waals surface area contributed by atoms with Crippen LogP contribution in [-0.2, 0) is 11.2 Å². The fraction of sp³-hybridized carbons (Fsp3) is 0.448. The maximum Gasteiger partial charge on any atom is 0.303 e. The van der Waals surface area contributed by atoms with Crippen molar-refractivity contribution in [1.82, 2.24) is 9.88 Å². The lowest BCUT2D eigenvalue weighted by Crippen LogP contribution is -2.41. The molecule has 1 unspecified atom stereocenters. The van der Waals surface area contributed by atoms with Gasteiger partial charge in [-0.05, 0) is 87.3 Å². The zero-order valence-electron chi connectivity index (χ0n) is 20.8. The molecule has 1 aliphatic heterocycles. The van der Waals surface area contributed by atoms with E-state index < -0.39 is 23.4 Å². The average Bonchev–Trinajstić information content (AvgIpc) is 2.88. The number of carboxylic acids is 1. The fourth-order valence-corrected chi connectivity index (χ4v) is 5.43. The highest BCUT2D eigenvalue weighted by Crippen LogP contribution is 2.43. The van der Waals surface area contributed by atoms with Crippen LogP contribution in [0.5, 0.6) is 5.75 Å². The van der Waals surface area contributed by atoms with Gasteiger partial charge in [-0.2, -0.15) is 0 Å².